The van der Waals surface area contributed by atoms with Crippen LogP contribution in [-0.4, -0.2) is 19.1 Å². The molecular formula is C8H18ClNO2. The first-order chi connectivity index (χ1) is 5.07. The molecule has 0 rings (SSSR count). The fraction of sp³-hybridized carbons (Fsp3) is 0.875. The Morgan fingerprint density at radius 3 is 2.25 bits per heavy atom. The Morgan fingerprint density at radius 1 is 1.42 bits per heavy atom. The fourth-order valence-electron chi connectivity index (χ4n) is 0.782. The molecule has 12 heavy (non-hydrogen) atoms. The summed E-state index contributed by atoms with van der Waals surface area (Å²) in [7, 11) is 1.36. The standard InChI is InChI=1S/C8H17NO2.ClH/c1-6(2)4-5-7(9)8(10)11-3;/h6-7H,4-5,9H2,1-3H3;1H. The molecule has 0 aromatic heterocycles. The van der Waals surface area contributed by atoms with Crippen LogP contribution in [0.1, 0.15) is 26.7 Å². The van der Waals surface area contributed by atoms with Crippen LogP contribution in [0.3, 0.4) is 0 Å². The molecule has 4 heteroatoms. The summed E-state index contributed by atoms with van der Waals surface area (Å²) in [5.41, 5.74) is 5.50. The van der Waals surface area contributed by atoms with Crippen molar-refractivity contribution in [2.75, 3.05) is 7.11 Å². The molecule has 0 saturated heterocycles. The van der Waals surface area contributed by atoms with Crippen LogP contribution < -0.4 is 5.73 Å². The molecule has 1 unspecified atom stereocenters. The van der Waals surface area contributed by atoms with Gasteiger partial charge in [-0.05, 0) is 18.8 Å². The average molecular weight is 196 g/mol. The minimum absolute atomic E-state index is 0. The molecule has 0 aromatic rings. The van der Waals surface area contributed by atoms with Crippen LogP contribution in [0.4, 0.5) is 0 Å². The highest BCUT2D eigenvalue weighted by Gasteiger charge is 2.13. The molecular weight excluding hydrogens is 178 g/mol. The molecule has 1 atom stereocenters. The molecule has 2 N–H and O–H groups in total. The Bertz CT molecular complexity index is 128. The van der Waals surface area contributed by atoms with Gasteiger partial charge in [0, 0.05) is 0 Å². The van der Waals surface area contributed by atoms with Gasteiger partial charge in [0.25, 0.3) is 0 Å². The van der Waals surface area contributed by atoms with Crippen LogP contribution in [0.25, 0.3) is 0 Å². The van der Waals surface area contributed by atoms with Gasteiger partial charge >= 0.3 is 5.97 Å². The van der Waals surface area contributed by atoms with Gasteiger partial charge in [0.2, 0.25) is 0 Å². The summed E-state index contributed by atoms with van der Waals surface area (Å²) in [4.78, 5) is 10.8. The minimum Gasteiger partial charge on any atom is -0.468 e. The SMILES string of the molecule is COC(=O)C(N)CCC(C)C.Cl. The normalized spacial score (nSPS) is 12.1. The molecule has 3 nitrogen and oxygen atoms in total. The highest BCUT2D eigenvalue weighted by molar-refractivity contribution is 5.85. The fourth-order valence-corrected chi connectivity index (χ4v) is 0.782. The van der Waals surface area contributed by atoms with Crippen molar-refractivity contribution in [1.82, 2.24) is 0 Å². The molecule has 0 aromatic carbocycles. The molecule has 0 heterocycles. The van der Waals surface area contributed by atoms with Crippen LogP contribution >= 0.6 is 12.4 Å². The van der Waals surface area contributed by atoms with Crippen molar-refractivity contribution >= 4 is 18.4 Å². The van der Waals surface area contributed by atoms with E-state index in [2.05, 4.69) is 18.6 Å². The number of rotatable bonds is 4. The molecule has 0 spiro atoms. The van der Waals surface area contributed by atoms with E-state index in [0.717, 1.165) is 6.42 Å². The van der Waals surface area contributed by atoms with E-state index >= 15 is 0 Å². The first-order valence-electron chi connectivity index (χ1n) is 3.91. The van der Waals surface area contributed by atoms with Gasteiger partial charge in [-0.15, -0.1) is 12.4 Å². The van der Waals surface area contributed by atoms with Gasteiger partial charge in [-0.3, -0.25) is 4.79 Å². The van der Waals surface area contributed by atoms with Crippen LogP contribution in [0.2, 0.25) is 0 Å². The van der Waals surface area contributed by atoms with E-state index in [1.54, 1.807) is 0 Å². The number of ether oxygens (including phenoxy) is 1. The molecule has 0 saturated carbocycles. The number of methoxy groups -OCH3 is 1. The minimum atomic E-state index is -0.442. The predicted octanol–water partition coefficient (Wildman–Crippen LogP) is 1.34. The van der Waals surface area contributed by atoms with E-state index in [1.807, 2.05) is 0 Å². The molecule has 0 fully saturated rings. The molecule has 0 radical (unpaired) electrons. The van der Waals surface area contributed by atoms with Crippen molar-refractivity contribution in [1.29, 1.82) is 0 Å². The van der Waals surface area contributed by atoms with E-state index in [0.29, 0.717) is 12.3 Å². The second kappa shape index (κ2) is 7.37. The number of carbonyl (C=O) groups is 1. The largest absolute Gasteiger partial charge is 0.468 e. The second-order valence-electron chi connectivity index (χ2n) is 3.10. The van der Waals surface area contributed by atoms with Gasteiger partial charge in [-0.2, -0.15) is 0 Å². The summed E-state index contributed by atoms with van der Waals surface area (Å²) in [6.07, 6.45) is 1.68. The zero-order chi connectivity index (χ0) is 8.85. The van der Waals surface area contributed by atoms with Crippen molar-refractivity contribution in [3.8, 4) is 0 Å². The third-order valence-corrected chi connectivity index (χ3v) is 1.56. The maximum absolute atomic E-state index is 10.8. The lowest BCUT2D eigenvalue weighted by Crippen LogP contribution is -2.31. The van der Waals surface area contributed by atoms with Crippen LogP contribution in [0.15, 0.2) is 0 Å². The van der Waals surface area contributed by atoms with Gasteiger partial charge in [-0.25, -0.2) is 0 Å². The number of hydrogen-bond acceptors (Lipinski definition) is 3. The number of carbonyl (C=O) groups excluding carboxylic acids is 1. The van der Waals surface area contributed by atoms with Crippen molar-refractivity contribution in [2.24, 2.45) is 11.7 Å². The summed E-state index contributed by atoms with van der Waals surface area (Å²) in [6, 6.07) is -0.442. The Kier molecular flexibility index (Phi) is 8.76. The first kappa shape index (κ1) is 14.3. The molecule has 74 valence electrons. The van der Waals surface area contributed by atoms with Crippen molar-refractivity contribution in [3.63, 3.8) is 0 Å². The zero-order valence-corrected chi connectivity index (χ0v) is 8.69. The number of nitrogens with two attached hydrogens (primary N) is 1. The average Bonchev–Trinajstić information content (AvgIpc) is 1.98. The van der Waals surface area contributed by atoms with Crippen LogP contribution in [-0.2, 0) is 9.53 Å². The summed E-state index contributed by atoms with van der Waals surface area (Å²) in [6.45, 7) is 4.20. The molecule has 0 aliphatic heterocycles. The quantitative estimate of drug-likeness (QED) is 0.689. The van der Waals surface area contributed by atoms with E-state index in [4.69, 9.17) is 5.73 Å². The third kappa shape index (κ3) is 6.43. The highest BCUT2D eigenvalue weighted by atomic mass is 35.5. The lowest BCUT2D eigenvalue weighted by atomic mass is 10.0. The molecule has 0 bridgehead atoms. The van der Waals surface area contributed by atoms with E-state index < -0.39 is 6.04 Å². The van der Waals surface area contributed by atoms with Gasteiger partial charge in [-0.1, -0.05) is 13.8 Å². The second-order valence-corrected chi connectivity index (χ2v) is 3.10. The molecule has 0 aliphatic carbocycles. The van der Waals surface area contributed by atoms with Gasteiger partial charge < -0.3 is 10.5 Å². The topological polar surface area (TPSA) is 52.3 Å². The lowest BCUT2D eigenvalue weighted by molar-refractivity contribution is -0.142. The lowest BCUT2D eigenvalue weighted by Gasteiger charge is -2.09. The number of hydrogen-bond donors (Lipinski definition) is 1. The first-order valence-corrected chi connectivity index (χ1v) is 3.91. The molecule has 0 aliphatic rings. The monoisotopic (exact) mass is 195 g/mol. The Labute approximate surface area is 80.1 Å². The van der Waals surface area contributed by atoms with E-state index in [-0.39, 0.29) is 18.4 Å². The highest BCUT2D eigenvalue weighted by Crippen LogP contribution is 2.05. The third-order valence-electron chi connectivity index (χ3n) is 1.56. The summed E-state index contributed by atoms with van der Waals surface area (Å²) >= 11 is 0. The van der Waals surface area contributed by atoms with E-state index in [1.165, 1.54) is 7.11 Å². The Hall–Kier alpha value is -0.280. The number of esters is 1. The Balaban J connectivity index is 0. The Morgan fingerprint density at radius 2 is 1.92 bits per heavy atom. The molecule has 0 amide bonds. The van der Waals surface area contributed by atoms with Crippen LogP contribution in [0, 0.1) is 5.92 Å². The van der Waals surface area contributed by atoms with Crippen molar-refractivity contribution in [3.05, 3.63) is 0 Å². The maximum Gasteiger partial charge on any atom is 0.322 e. The predicted molar refractivity (Wildman–Crippen MR) is 51.3 cm³/mol. The van der Waals surface area contributed by atoms with Gasteiger partial charge in [0.15, 0.2) is 0 Å². The maximum atomic E-state index is 10.8. The number of halogens is 1. The smallest absolute Gasteiger partial charge is 0.322 e. The van der Waals surface area contributed by atoms with Gasteiger partial charge in [0.05, 0.1) is 7.11 Å². The van der Waals surface area contributed by atoms with Crippen molar-refractivity contribution in [2.45, 2.75) is 32.7 Å². The summed E-state index contributed by atoms with van der Waals surface area (Å²) < 4.78 is 4.48. The van der Waals surface area contributed by atoms with Crippen LogP contribution in [0.5, 0.6) is 0 Å². The van der Waals surface area contributed by atoms with E-state index in [9.17, 15) is 4.79 Å². The van der Waals surface area contributed by atoms with Gasteiger partial charge in [0.1, 0.15) is 6.04 Å². The zero-order valence-electron chi connectivity index (χ0n) is 7.87. The summed E-state index contributed by atoms with van der Waals surface area (Å²) in [5, 5.41) is 0. The van der Waals surface area contributed by atoms with Crippen molar-refractivity contribution < 1.29 is 9.53 Å². The summed E-state index contributed by atoms with van der Waals surface area (Å²) in [5.74, 6) is 0.274.